The van der Waals surface area contributed by atoms with E-state index in [1.165, 1.54) is 6.07 Å². The van der Waals surface area contributed by atoms with Gasteiger partial charge in [0.05, 0.1) is 4.92 Å². The van der Waals surface area contributed by atoms with Gasteiger partial charge in [-0.3, -0.25) is 10.1 Å². The standard InChI is InChI=1S/C14H14BrN3O3/c1-2-16-13-8-7-12(18(19)20)14(17-13)21-9-10-3-5-11(15)6-4-10/h3-8H,2,9H2,1H3,(H,16,17). The van der Waals surface area contributed by atoms with E-state index in [1.807, 2.05) is 31.2 Å². The zero-order valence-electron chi connectivity index (χ0n) is 11.4. The maximum atomic E-state index is 11.0. The molecule has 2 rings (SSSR count). The highest BCUT2D eigenvalue weighted by Crippen LogP contribution is 2.27. The summed E-state index contributed by atoms with van der Waals surface area (Å²) in [6.07, 6.45) is 0. The molecule has 1 N–H and O–H groups in total. The van der Waals surface area contributed by atoms with Gasteiger partial charge >= 0.3 is 5.69 Å². The van der Waals surface area contributed by atoms with Crippen molar-refractivity contribution in [3.63, 3.8) is 0 Å². The molecule has 6 nitrogen and oxygen atoms in total. The Kier molecular flexibility index (Phi) is 5.10. The fourth-order valence-electron chi connectivity index (χ4n) is 1.69. The molecule has 0 atom stereocenters. The van der Waals surface area contributed by atoms with Crippen LogP contribution in [0.25, 0.3) is 0 Å². The molecular weight excluding hydrogens is 338 g/mol. The van der Waals surface area contributed by atoms with E-state index in [9.17, 15) is 10.1 Å². The van der Waals surface area contributed by atoms with Gasteiger partial charge in [-0.1, -0.05) is 28.1 Å². The van der Waals surface area contributed by atoms with Crippen LogP contribution in [0.1, 0.15) is 12.5 Å². The van der Waals surface area contributed by atoms with Gasteiger partial charge in [-0.05, 0) is 30.7 Å². The first-order valence-corrected chi connectivity index (χ1v) is 7.16. The second kappa shape index (κ2) is 7.03. The van der Waals surface area contributed by atoms with Gasteiger partial charge in [0, 0.05) is 17.1 Å². The van der Waals surface area contributed by atoms with Crippen LogP contribution in [0.2, 0.25) is 0 Å². The second-order valence-corrected chi connectivity index (χ2v) is 5.14. The molecule has 0 aliphatic heterocycles. The molecule has 1 heterocycles. The van der Waals surface area contributed by atoms with Gasteiger partial charge in [0.2, 0.25) is 0 Å². The molecule has 1 aromatic heterocycles. The Bertz CT molecular complexity index is 632. The maximum Gasteiger partial charge on any atom is 0.331 e. The van der Waals surface area contributed by atoms with Crippen LogP contribution in [0.3, 0.4) is 0 Å². The molecule has 7 heteroatoms. The van der Waals surface area contributed by atoms with Gasteiger partial charge in [-0.2, -0.15) is 4.98 Å². The number of pyridine rings is 1. The molecule has 0 aliphatic carbocycles. The van der Waals surface area contributed by atoms with Crippen LogP contribution in [0.15, 0.2) is 40.9 Å². The SMILES string of the molecule is CCNc1ccc([N+](=O)[O-])c(OCc2ccc(Br)cc2)n1. The zero-order chi connectivity index (χ0) is 15.2. The van der Waals surface area contributed by atoms with Gasteiger partial charge in [0.1, 0.15) is 12.4 Å². The molecule has 0 spiro atoms. The average molecular weight is 352 g/mol. The lowest BCUT2D eigenvalue weighted by Gasteiger charge is -2.08. The van der Waals surface area contributed by atoms with E-state index in [0.717, 1.165) is 10.0 Å². The van der Waals surface area contributed by atoms with Crippen LogP contribution in [0.4, 0.5) is 11.5 Å². The first kappa shape index (κ1) is 15.2. The van der Waals surface area contributed by atoms with E-state index < -0.39 is 4.92 Å². The lowest BCUT2D eigenvalue weighted by atomic mass is 10.2. The first-order chi connectivity index (χ1) is 10.1. The average Bonchev–Trinajstić information content (AvgIpc) is 2.47. The molecule has 0 bridgehead atoms. The highest BCUT2D eigenvalue weighted by Gasteiger charge is 2.17. The van der Waals surface area contributed by atoms with Crippen molar-refractivity contribution in [1.82, 2.24) is 4.98 Å². The van der Waals surface area contributed by atoms with Crippen molar-refractivity contribution >= 4 is 27.4 Å². The summed E-state index contributed by atoms with van der Waals surface area (Å²) in [6.45, 7) is 2.82. The molecule has 0 saturated heterocycles. The topological polar surface area (TPSA) is 77.3 Å². The Balaban J connectivity index is 2.18. The molecule has 0 radical (unpaired) electrons. The minimum absolute atomic E-state index is 0.0152. The van der Waals surface area contributed by atoms with E-state index in [-0.39, 0.29) is 18.2 Å². The number of nitrogens with one attached hydrogen (secondary N) is 1. The predicted molar refractivity (Wildman–Crippen MR) is 83.5 cm³/mol. The molecule has 1 aromatic carbocycles. The van der Waals surface area contributed by atoms with Gasteiger partial charge < -0.3 is 10.1 Å². The molecular formula is C14H14BrN3O3. The van der Waals surface area contributed by atoms with Crippen LogP contribution in [0, 0.1) is 10.1 Å². The molecule has 0 fully saturated rings. The number of rotatable bonds is 6. The van der Waals surface area contributed by atoms with E-state index in [4.69, 9.17) is 4.74 Å². The van der Waals surface area contributed by atoms with Gasteiger partial charge in [-0.25, -0.2) is 0 Å². The van der Waals surface area contributed by atoms with E-state index in [1.54, 1.807) is 6.07 Å². The number of nitro groups is 1. The van der Waals surface area contributed by atoms with Crippen LogP contribution < -0.4 is 10.1 Å². The molecule has 21 heavy (non-hydrogen) atoms. The summed E-state index contributed by atoms with van der Waals surface area (Å²) in [6, 6.07) is 10.5. The Labute approximate surface area is 130 Å². The minimum Gasteiger partial charge on any atom is -0.468 e. The second-order valence-electron chi connectivity index (χ2n) is 4.22. The quantitative estimate of drug-likeness (QED) is 0.633. The van der Waals surface area contributed by atoms with Crippen LogP contribution >= 0.6 is 15.9 Å². The monoisotopic (exact) mass is 351 g/mol. The third kappa shape index (κ3) is 4.16. The molecule has 0 aliphatic rings. The number of benzene rings is 1. The molecule has 0 amide bonds. The summed E-state index contributed by atoms with van der Waals surface area (Å²) in [5.74, 6) is 0.565. The predicted octanol–water partition coefficient (Wildman–Crippen LogP) is 3.76. The maximum absolute atomic E-state index is 11.0. The summed E-state index contributed by atoms with van der Waals surface area (Å²) in [5, 5.41) is 14.0. The number of nitrogens with zero attached hydrogens (tertiary/aromatic N) is 2. The number of ether oxygens (including phenoxy) is 1. The fourth-order valence-corrected chi connectivity index (χ4v) is 1.95. The number of aromatic nitrogens is 1. The van der Waals surface area contributed by atoms with Crippen molar-refractivity contribution in [2.24, 2.45) is 0 Å². The van der Waals surface area contributed by atoms with E-state index in [2.05, 4.69) is 26.2 Å². The Morgan fingerprint density at radius 2 is 2.00 bits per heavy atom. The van der Waals surface area contributed by atoms with Crippen molar-refractivity contribution in [3.8, 4) is 5.88 Å². The zero-order valence-corrected chi connectivity index (χ0v) is 13.0. The lowest BCUT2D eigenvalue weighted by molar-refractivity contribution is -0.386. The van der Waals surface area contributed by atoms with Crippen LogP contribution in [-0.2, 0) is 6.61 Å². The molecule has 2 aromatic rings. The summed E-state index contributed by atoms with van der Waals surface area (Å²) < 4.78 is 6.47. The number of hydrogen-bond donors (Lipinski definition) is 1. The number of anilines is 1. The smallest absolute Gasteiger partial charge is 0.331 e. The molecule has 0 saturated carbocycles. The highest BCUT2D eigenvalue weighted by molar-refractivity contribution is 9.10. The Hall–Kier alpha value is -2.15. The van der Waals surface area contributed by atoms with Crippen molar-refractivity contribution in [3.05, 3.63) is 56.5 Å². The minimum atomic E-state index is -0.500. The highest BCUT2D eigenvalue weighted by atomic mass is 79.9. The summed E-state index contributed by atoms with van der Waals surface area (Å²) in [5.41, 5.74) is 0.761. The van der Waals surface area contributed by atoms with Crippen molar-refractivity contribution < 1.29 is 9.66 Å². The Morgan fingerprint density at radius 1 is 1.29 bits per heavy atom. The van der Waals surface area contributed by atoms with Crippen molar-refractivity contribution in [2.75, 3.05) is 11.9 Å². The van der Waals surface area contributed by atoms with Crippen LogP contribution in [-0.4, -0.2) is 16.5 Å². The normalized spacial score (nSPS) is 10.2. The molecule has 110 valence electrons. The van der Waals surface area contributed by atoms with Gasteiger partial charge in [0.25, 0.3) is 5.88 Å². The van der Waals surface area contributed by atoms with Gasteiger partial charge in [-0.15, -0.1) is 0 Å². The van der Waals surface area contributed by atoms with Gasteiger partial charge in [0.15, 0.2) is 0 Å². The summed E-state index contributed by atoms with van der Waals surface area (Å²) in [4.78, 5) is 14.6. The third-order valence-corrected chi connectivity index (χ3v) is 3.21. The number of hydrogen-bond acceptors (Lipinski definition) is 5. The summed E-state index contributed by atoms with van der Waals surface area (Å²) in [7, 11) is 0. The number of halogens is 1. The molecule has 0 unspecified atom stereocenters. The fraction of sp³-hybridized carbons (Fsp3) is 0.214. The first-order valence-electron chi connectivity index (χ1n) is 6.36. The van der Waals surface area contributed by atoms with Crippen LogP contribution in [0.5, 0.6) is 5.88 Å². The van der Waals surface area contributed by atoms with E-state index in [0.29, 0.717) is 12.4 Å². The lowest BCUT2D eigenvalue weighted by Crippen LogP contribution is -2.04. The summed E-state index contributed by atoms with van der Waals surface area (Å²) >= 11 is 3.35. The third-order valence-electron chi connectivity index (χ3n) is 2.68. The van der Waals surface area contributed by atoms with E-state index >= 15 is 0 Å². The van der Waals surface area contributed by atoms with Crippen molar-refractivity contribution in [2.45, 2.75) is 13.5 Å². The largest absolute Gasteiger partial charge is 0.468 e. The van der Waals surface area contributed by atoms with Crippen molar-refractivity contribution in [1.29, 1.82) is 0 Å². The Morgan fingerprint density at radius 3 is 2.62 bits per heavy atom.